The number of carbonyl (C=O) groups is 3. The van der Waals surface area contributed by atoms with Crippen molar-refractivity contribution in [3.05, 3.63) is 59.4 Å². The summed E-state index contributed by atoms with van der Waals surface area (Å²) < 4.78 is 18.6. The van der Waals surface area contributed by atoms with Gasteiger partial charge < -0.3 is 25.4 Å². The molecule has 172 valence electrons. The first-order valence-corrected chi connectivity index (χ1v) is 10.4. The number of carbonyl (C=O) groups excluding carboxylic acids is 3. The summed E-state index contributed by atoms with van der Waals surface area (Å²) in [5.41, 5.74) is 1.94. The van der Waals surface area contributed by atoms with Crippen LogP contribution in [0.25, 0.3) is 0 Å². The van der Waals surface area contributed by atoms with Crippen molar-refractivity contribution >= 4 is 23.4 Å². The molecule has 0 unspecified atom stereocenters. The zero-order valence-electron chi connectivity index (χ0n) is 18.1. The number of halogens is 1. The van der Waals surface area contributed by atoms with Gasteiger partial charge in [0.1, 0.15) is 24.2 Å². The summed E-state index contributed by atoms with van der Waals surface area (Å²) in [7, 11) is 1.54. The van der Waals surface area contributed by atoms with E-state index in [2.05, 4.69) is 22.5 Å². The maximum atomic E-state index is 12.9. The fraction of sp³-hybridized carbons (Fsp3) is 0.292. The maximum absolute atomic E-state index is 12.9. The van der Waals surface area contributed by atoms with Gasteiger partial charge in [-0.15, -0.1) is 0 Å². The average Bonchev–Trinajstić information content (AvgIpc) is 2.92. The van der Waals surface area contributed by atoms with Gasteiger partial charge in [0.2, 0.25) is 0 Å². The van der Waals surface area contributed by atoms with E-state index in [1.54, 1.807) is 37.4 Å². The van der Waals surface area contributed by atoms with Gasteiger partial charge in [-0.3, -0.25) is 14.4 Å². The number of aliphatic hydroxyl groups is 1. The minimum absolute atomic E-state index is 0.0410. The summed E-state index contributed by atoms with van der Waals surface area (Å²) in [6.07, 6.45) is 0.759. The van der Waals surface area contributed by atoms with Gasteiger partial charge in [0.15, 0.2) is 0 Å². The number of ether oxygens (including phenoxy) is 1. The summed E-state index contributed by atoms with van der Waals surface area (Å²) in [5, 5.41) is 13.7. The summed E-state index contributed by atoms with van der Waals surface area (Å²) in [6.45, 7) is -0.000614. The summed E-state index contributed by atoms with van der Waals surface area (Å²) in [6, 6.07) is 9.87. The van der Waals surface area contributed by atoms with Gasteiger partial charge in [-0.05, 0) is 42.3 Å². The van der Waals surface area contributed by atoms with Gasteiger partial charge in [0.05, 0.1) is 12.3 Å². The number of likely N-dealkylation sites (N-methyl/N-ethyl adjacent to an activating group) is 1. The molecule has 3 amide bonds. The zero-order chi connectivity index (χ0) is 23.8. The number of hydrogen-bond donors (Lipinski definition) is 3. The van der Waals surface area contributed by atoms with Gasteiger partial charge in [0.25, 0.3) is 5.91 Å². The summed E-state index contributed by atoms with van der Waals surface area (Å²) in [4.78, 5) is 38.6. The third-order valence-electron chi connectivity index (χ3n) is 4.95. The first-order valence-electron chi connectivity index (χ1n) is 10.4. The first kappa shape index (κ1) is 23.8. The van der Waals surface area contributed by atoms with Gasteiger partial charge in [0, 0.05) is 25.6 Å². The topological polar surface area (TPSA) is 108 Å². The number of nitrogens with one attached hydrogen (secondary N) is 2. The number of nitrogens with zero attached hydrogens (tertiary/aromatic N) is 1. The van der Waals surface area contributed by atoms with Crippen LogP contribution in [0.15, 0.2) is 42.5 Å². The second-order valence-electron chi connectivity index (χ2n) is 7.32. The molecule has 1 aliphatic rings. The highest BCUT2D eigenvalue weighted by Gasteiger charge is 2.32. The molecule has 3 rings (SSSR count). The summed E-state index contributed by atoms with van der Waals surface area (Å²) in [5.74, 6) is 3.53. The van der Waals surface area contributed by atoms with Crippen LogP contribution in [-0.4, -0.2) is 55.7 Å². The monoisotopic (exact) mass is 453 g/mol. The molecule has 0 saturated carbocycles. The van der Waals surface area contributed by atoms with Crippen molar-refractivity contribution in [3.63, 3.8) is 0 Å². The van der Waals surface area contributed by atoms with Crippen LogP contribution < -0.4 is 20.3 Å². The molecule has 1 heterocycles. The Kier molecular flexibility index (Phi) is 8.00. The second-order valence-corrected chi connectivity index (χ2v) is 7.32. The minimum atomic E-state index is -1.05. The van der Waals surface area contributed by atoms with E-state index in [4.69, 9.17) is 9.84 Å². The number of aliphatic hydroxyl groups excluding tert-OH is 1. The lowest BCUT2D eigenvalue weighted by Gasteiger charge is -2.20. The summed E-state index contributed by atoms with van der Waals surface area (Å²) >= 11 is 0. The molecule has 0 aromatic heterocycles. The standard InChI is InChI=1S/C24H24FN3O5/c1-28-20-14-17(4-2-3-13-29)7-10-21(20)33-15-19(24(28)32)27-23(31)22(30)26-12-11-16-5-8-18(25)9-6-16/h5-10,14,19,29H,3,11-13,15H2,1H3,(H,26,30)(H,27,31)/t19-/m0/s1. The van der Waals surface area contributed by atoms with Gasteiger partial charge in [-0.2, -0.15) is 0 Å². The molecular formula is C24H24FN3O5. The van der Waals surface area contributed by atoms with E-state index in [0.717, 1.165) is 5.56 Å². The van der Waals surface area contributed by atoms with Crippen LogP contribution in [0.5, 0.6) is 5.75 Å². The van der Waals surface area contributed by atoms with E-state index >= 15 is 0 Å². The van der Waals surface area contributed by atoms with E-state index in [0.29, 0.717) is 29.8 Å². The second kappa shape index (κ2) is 11.1. The minimum Gasteiger partial charge on any atom is -0.489 e. The number of rotatable bonds is 5. The van der Waals surface area contributed by atoms with Crippen molar-refractivity contribution in [1.29, 1.82) is 0 Å². The van der Waals surface area contributed by atoms with E-state index in [1.165, 1.54) is 17.0 Å². The highest BCUT2D eigenvalue weighted by Crippen LogP contribution is 2.31. The van der Waals surface area contributed by atoms with Gasteiger partial charge in [-0.1, -0.05) is 24.0 Å². The largest absolute Gasteiger partial charge is 0.489 e. The highest BCUT2D eigenvalue weighted by atomic mass is 19.1. The Bertz CT molecular complexity index is 1090. The molecule has 1 aliphatic heterocycles. The van der Waals surface area contributed by atoms with Crippen LogP contribution in [0.2, 0.25) is 0 Å². The Morgan fingerprint density at radius 3 is 2.70 bits per heavy atom. The Hall–Kier alpha value is -3.90. The molecule has 0 bridgehead atoms. The van der Waals surface area contributed by atoms with E-state index in [1.807, 2.05) is 0 Å². The molecule has 8 nitrogen and oxygen atoms in total. The van der Waals surface area contributed by atoms with Crippen LogP contribution in [0.4, 0.5) is 10.1 Å². The lowest BCUT2D eigenvalue weighted by Crippen LogP contribution is -2.53. The fourth-order valence-electron chi connectivity index (χ4n) is 3.18. The Balaban J connectivity index is 1.58. The predicted molar refractivity (Wildman–Crippen MR) is 119 cm³/mol. The van der Waals surface area contributed by atoms with Crippen molar-refractivity contribution in [1.82, 2.24) is 10.6 Å². The highest BCUT2D eigenvalue weighted by molar-refractivity contribution is 6.35. The molecule has 0 spiro atoms. The number of hydrogen-bond acceptors (Lipinski definition) is 5. The normalized spacial score (nSPS) is 14.8. The SMILES string of the molecule is CN1C(=O)[C@@H](NC(=O)C(=O)NCCc2ccc(F)cc2)COc2ccc(C#CCCO)cc21. The first-order chi connectivity index (χ1) is 15.9. The molecule has 0 radical (unpaired) electrons. The third kappa shape index (κ3) is 6.30. The van der Waals surface area contributed by atoms with Gasteiger partial charge in [-0.25, -0.2) is 4.39 Å². The lowest BCUT2D eigenvalue weighted by atomic mass is 10.1. The smallest absolute Gasteiger partial charge is 0.310 e. The molecular weight excluding hydrogens is 429 g/mol. The molecule has 3 N–H and O–H groups in total. The van der Waals surface area contributed by atoms with Crippen LogP contribution >= 0.6 is 0 Å². The van der Waals surface area contributed by atoms with E-state index in [9.17, 15) is 18.8 Å². The molecule has 0 fully saturated rings. The van der Waals surface area contributed by atoms with Crippen LogP contribution in [0.1, 0.15) is 17.5 Å². The Morgan fingerprint density at radius 2 is 1.97 bits per heavy atom. The molecule has 2 aromatic carbocycles. The van der Waals surface area contributed by atoms with E-state index in [-0.39, 0.29) is 25.6 Å². The predicted octanol–water partition coefficient (Wildman–Crippen LogP) is 0.759. The van der Waals surface area contributed by atoms with Crippen molar-refractivity contribution in [2.24, 2.45) is 0 Å². The number of anilines is 1. The van der Waals surface area contributed by atoms with Gasteiger partial charge >= 0.3 is 11.8 Å². The van der Waals surface area contributed by atoms with E-state index < -0.39 is 23.8 Å². The zero-order valence-corrected chi connectivity index (χ0v) is 18.1. The quantitative estimate of drug-likeness (QED) is 0.458. The molecule has 2 aromatic rings. The van der Waals surface area contributed by atoms with Crippen LogP contribution in [0.3, 0.4) is 0 Å². The van der Waals surface area contributed by atoms with Crippen molar-refractivity contribution in [3.8, 4) is 17.6 Å². The number of amides is 3. The molecule has 1 atom stereocenters. The molecule has 9 heteroatoms. The van der Waals surface area contributed by atoms with Crippen molar-refractivity contribution < 1.29 is 28.6 Å². The molecule has 0 aliphatic carbocycles. The third-order valence-corrected chi connectivity index (χ3v) is 4.95. The lowest BCUT2D eigenvalue weighted by molar-refractivity contribution is -0.140. The van der Waals surface area contributed by atoms with Crippen molar-refractivity contribution in [2.75, 3.05) is 31.7 Å². The Morgan fingerprint density at radius 1 is 1.21 bits per heavy atom. The maximum Gasteiger partial charge on any atom is 0.310 e. The number of fused-ring (bicyclic) bond motifs is 1. The fourth-order valence-corrected chi connectivity index (χ4v) is 3.18. The van der Waals surface area contributed by atoms with Crippen LogP contribution in [0, 0.1) is 17.7 Å². The number of benzene rings is 2. The Labute approximate surface area is 190 Å². The molecule has 33 heavy (non-hydrogen) atoms. The van der Waals surface area contributed by atoms with Crippen LogP contribution in [-0.2, 0) is 20.8 Å². The van der Waals surface area contributed by atoms with Crippen molar-refractivity contribution in [2.45, 2.75) is 18.9 Å². The molecule has 0 saturated heterocycles. The average molecular weight is 453 g/mol.